The van der Waals surface area contributed by atoms with E-state index in [1.54, 1.807) is 4.90 Å². The Morgan fingerprint density at radius 3 is 3.16 bits per heavy atom. The lowest BCUT2D eigenvalue weighted by molar-refractivity contribution is -0.137. The minimum Gasteiger partial charge on any atom is -0.477 e. The van der Waals surface area contributed by atoms with Gasteiger partial charge in [-0.25, -0.2) is 0 Å². The third-order valence-electron chi connectivity index (χ3n) is 3.19. The Hall–Kier alpha value is -1.97. The van der Waals surface area contributed by atoms with Crippen LogP contribution in [0.2, 0.25) is 0 Å². The monoisotopic (exact) mass is 260 g/mol. The molecule has 1 unspecified atom stereocenters. The Bertz CT molecular complexity index is 459. The Morgan fingerprint density at radius 2 is 2.37 bits per heavy atom. The molecule has 4 heteroatoms. The molecule has 0 spiro atoms. The number of fused-ring (bicyclic) bond motifs is 1. The minimum absolute atomic E-state index is 0.0195. The number of benzene rings is 1. The van der Waals surface area contributed by atoms with Gasteiger partial charge in [0, 0.05) is 13.6 Å². The van der Waals surface area contributed by atoms with Gasteiger partial charge in [0.1, 0.15) is 5.75 Å². The largest absolute Gasteiger partial charge is 0.477 e. The molecule has 1 amide bonds. The van der Waals surface area contributed by atoms with Crippen molar-refractivity contribution in [2.45, 2.75) is 18.9 Å². The second-order valence-electron chi connectivity index (χ2n) is 4.67. The summed E-state index contributed by atoms with van der Waals surface area (Å²) in [6, 6.07) is 7.67. The first kappa shape index (κ1) is 13.5. The van der Waals surface area contributed by atoms with Gasteiger partial charge < -0.3 is 15.0 Å². The number of carbonyl (C=O) groups excluding carboxylic acids is 1. The highest BCUT2D eigenvalue weighted by Gasteiger charge is 2.27. The quantitative estimate of drug-likeness (QED) is 0.652. The number of likely N-dealkylation sites (N-methyl/N-ethyl adjacent to an activating group) is 1. The van der Waals surface area contributed by atoms with Gasteiger partial charge in [-0.3, -0.25) is 4.79 Å². The van der Waals surface area contributed by atoms with E-state index in [1.807, 2.05) is 37.4 Å². The summed E-state index contributed by atoms with van der Waals surface area (Å²) < 4.78 is 5.75. The fraction of sp³-hybridized carbons (Fsp3) is 0.400. The molecular formula is C15H20N2O2. The van der Waals surface area contributed by atoms with Gasteiger partial charge in [-0.1, -0.05) is 18.2 Å². The normalized spacial score (nSPS) is 16.8. The van der Waals surface area contributed by atoms with Crippen molar-refractivity contribution in [2.75, 3.05) is 25.5 Å². The maximum absolute atomic E-state index is 12.2. The molecule has 0 bridgehead atoms. The van der Waals surface area contributed by atoms with Crippen LogP contribution in [0.4, 0.5) is 5.69 Å². The van der Waals surface area contributed by atoms with Crippen molar-refractivity contribution in [3.63, 3.8) is 0 Å². The summed E-state index contributed by atoms with van der Waals surface area (Å²) in [5.41, 5.74) is 0.945. The molecule has 0 aliphatic carbocycles. The van der Waals surface area contributed by atoms with E-state index in [9.17, 15) is 4.79 Å². The topological polar surface area (TPSA) is 41.6 Å². The first-order chi connectivity index (χ1) is 9.22. The molecule has 2 rings (SSSR count). The summed E-state index contributed by atoms with van der Waals surface area (Å²) in [5, 5.41) is 3.23. The van der Waals surface area contributed by atoms with Gasteiger partial charge in [-0.15, -0.1) is 6.58 Å². The molecule has 1 aliphatic rings. The number of amides is 1. The highest BCUT2D eigenvalue weighted by atomic mass is 16.5. The lowest BCUT2D eigenvalue weighted by Crippen LogP contribution is -2.45. The first-order valence-corrected chi connectivity index (χ1v) is 6.58. The van der Waals surface area contributed by atoms with Gasteiger partial charge in [0.05, 0.1) is 12.2 Å². The van der Waals surface area contributed by atoms with Crippen LogP contribution in [0, 0.1) is 0 Å². The van der Waals surface area contributed by atoms with Crippen LogP contribution >= 0.6 is 0 Å². The average molecular weight is 260 g/mol. The van der Waals surface area contributed by atoms with E-state index in [0.29, 0.717) is 6.54 Å². The van der Waals surface area contributed by atoms with E-state index in [1.165, 1.54) is 0 Å². The van der Waals surface area contributed by atoms with E-state index in [0.717, 1.165) is 30.8 Å². The Morgan fingerprint density at radius 1 is 1.58 bits per heavy atom. The van der Waals surface area contributed by atoms with E-state index in [2.05, 4.69) is 11.9 Å². The smallest absolute Gasteiger partial charge is 0.265 e. The molecule has 1 N–H and O–H groups in total. The van der Waals surface area contributed by atoms with Crippen LogP contribution in [0.25, 0.3) is 0 Å². The van der Waals surface area contributed by atoms with Gasteiger partial charge in [-0.2, -0.15) is 0 Å². The lowest BCUT2D eigenvalue weighted by Gasteiger charge is -2.29. The molecule has 19 heavy (non-hydrogen) atoms. The van der Waals surface area contributed by atoms with Crippen LogP contribution in [0.1, 0.15) is 12.8 Å². The van der Waals surface area contributed by atoms with Crippen LogP contribution in [0.5, 0.6) is 5.75 Å². The van der Waals surface area contributed by atoms with Crippen molar-refractivity contribution >= 4 is 11.6 Å². The molecule has 4 nitrogen and oxygen atoms in total. The van der Waals surface area contributed by atoms with Crippen molar-refractivity contribution in [3.05, 3.63) is 36.9 Å². The third kappa shape index (κ3) is 3.28. The zero-order chi connectivity index (χ0) is 13.7. The van der Waals surface area contributed by atoms with Gasteiger partial charge in [0.15, 0.2) is 6.10 Å². The number of allylic oxidation sites excluding steroid dienone is 1. The highest BCUT2D eigenvalue weighted by molar-refractivity contribution is 5.83. The second-order valence-corrected chi connectivity index (χ2v) is 4.67. The number of ether oxygens (including phenoxy) is 1. The molecule has 1 aromatic carbocycles. The van der Waals surface area contributed by atoms with Crippen LogP contribution in [0.3, 0.4) is 0 Å². The van der Waals surface area contributed by atoms with E-state index in [4.69, 9.17) is 4.74 Å². The van der Waals surface area contributed by atoms with Crippen molar-refractivity contribution in [3.8, 4) is 5.75 Å². The molecule has 1 aromatic rings. The Kier molecular flexibility index (Phi) is 4.44. The number of rotatable bonds is 5. The number of anilines is 1. The zero-order valence-corrected chi connectivity index (χ0v) is 11.3. The number of para-hydroxylation sites is 2. The summed E-state index contributed by atoms with van der Waals surface area (Å²) in [5.74, 6) is 0.762. The van der Waals surface area contributed by atoms with Crippen molar-refractivity contribution in [2.24, 2.45) is 0 Å². The fourth-order valence-electron chi connectivity index (χ4n) is 2.08. The predicted molar refractivity (Wildman–Crippen MR) is 76.4 cm³/mol. The molecule has 0 saturated carbocycles. The minimum atomic E-state index is -0.441. The maximum atomic E-state index is 12.2. The summed E-state index contributed by atoms with van der Waals surface area (Å²) in [6.45, 7) is 4.92. The summed E-state index contributed by atoms with van der Waals surface area (Å²) in [6.07, 6.45) is 3.28. The van der Waals surface area contributed by atoms with Gasteiger partial charge in [0.2, 0.25) is 0 Å². The summed E-state index contributed by atoms with van der Waals surface area (Å²) >= 11 is 0. The average Bonchev–Trinajstić information content (AvgIpc) is 2.46. The fourth-order valence-corrected chi connectivity index (χ4v) is 2.08. The van der Waals surface area contributed by atoms with Crippen LogP contribution < -0.4 is 10.1 Å². The van der Waals surface area contributed by atoms with E-state index in [-0.39, 0.29) is 5.91 Å². The molecule has 0 saturated heterocycles. The summed E-state index contributed by atoms with van der Waals surface area (Å²) in [4.78, 5) is 14.0. The molecule has 0 fully saturated rings. The predicted octanol–water partition coefficient (Wildman–Crippen LogP) is 2.28. The SMILES string of the molecule is C=CCCCN(C)C(=O)C1CNc2ccccc2O1. The molecular weight excluding hydrogens is 240 g/mol. The molecule has 1 heterocycles. The van der Waals surface area contributed by atoms with E-state index < -0.39 is 6.10 Å². The zero-order valence-electron chi connectivity index (χ0n) is 11.3. The standard InChI is InChI=1S/C15H20N2O2/c1-3-4-7-10-17(2)15(18)14-11-16-12-8-5-6-9-13(12)19-14/h3,5-6,8-9,14,16H,1,4,7,10-11H2,2H3. The summed E-state index contributed by atoms with van der Waals surface area (Å²) in [7, 11) is 1.81. The van der Waals surface area contributed by atoms with Crippen LogP contribution in [-0.2, 0) is 4.79 Å². The Labute approximate surface area is 114 Å². The van der Waals surface area contributed by atoms with Gasteiger partial charge in [0.25, 0.3) is 5.91 Å². The molecule has 1 atom stereocenters. The molecule has 0 radical (unpaired) electrons. The first-order valence-electron chi connectivity index (χ1n) is 6.58. The lowest BCUT2D eigenvalue weighted by atomic mass is 10.2. The van der Waals surface area contributed by atoms with Gasteiger partial charge >= 0.3 is 0 Å². The number of carbonyl (C=O) groups is 1. The molecule has 0 aromatic heterocycles. The molecule has 1 aliphatic heterocycles. The van der Waals surface area contributed by atoms with Gasteiger partial charge in [-0.05, 0) is 25.0 Å². The van der Waals surface area contributed by atoms with Crippen LogP contribution in [0.15, 0.2) is 36.9 Å². The number of hydrogen-bond acceptors (Lipinski definition) is 3. The number of hydrogen-bond donors (Lipinski definition) is 1. The maximum Gasteiger partial charge on any atom is 0.265 e. The van der Waals surface area contributed by atoms with Crippen molar-refractivity contribution in [1.82, 2.24) is 4.90 Å². The highest BCUT2D eigenvalue weighted by Crippen LogP contribution is 2.28. The Balaban J connectivity index is 1.93. The van der Waals surface area contributed by atoms with Crippen LogP contribution in [-0.4, -0.2) is 37.0 Å². The number of unbranched alkanes of at least 4 members (excludes halogenated alkanes) is 1. The van der Waals surface area contributed by atoms with E-state index >= 15 is 0 Å². The number of nitrogens with one attached hydrogen (secondary N) is 1. The third-order valence-corrected chi connectivity index (χ3v) is 3.19. The van der Waals surface area contributed by atoms with Crippen molar-refractivity contribution in [1.29, 1.82) is 0 Å². The number of nitrogens with zero attached hydrogens (tertiary/aromatic N) is 1. The van der Waals surface area contributed by atoms with Crippen molar-refractivity contribution < 1.29 is 9.53 Å². The molecule has 102 valence electrons. The second kappa shape index (κ2) is 6.27.